The molecule has 0 radical (unpaired) electrons. The van der Waals surface area contributed by atoms with Gasteiger partial charge >= 0.3 is 5.97 Å². The van der Waals surface area contributed by atoms with E-state index in [1.165, 1.54) is 19.2 Å². The van der Waals surface area contributed by atoms with Gasteiger partial charge in [-0.3, -0.25) is 19.3 Å². The lowest BCUT2D eigenvalue weighted by atomic mass is 10.1. The molecule has 0 aliphatic carbocycles. The molecule has 6 nitrogen and oxygen atoms in total. The Balaban J connectivity index is 2.65. The second kappa shape index (κ2) is 4.30. The number of methoxy groups -OCH3 is 1. The predicted molar refractivity (Wildman–Crippen MR) is 62.3 cm³/mol. The normalized spacial score (nSPS) is 13.8. The van der Waals surface area contributed by atoms with Crippen LogP contribution in [0.25, 0.3) is 0 Å². The van der Waals surface area contributed by atoms with Crippen LogP contribution in [-0.4, -0.2) is 36.4 Å². The molecule has 0 spiro atoms. The summed E-state index contributed by atoms with van der Waals surface area (Å²) < 4.78 is 5.02. The van der Waals surface area contributed by atoms with Crippen molar-refractivity contribution in [3.05, 3.63) is 22.7 Å². The van der Waals surface area contributed by atoms with E-state index < -0.39 is 24.2 Å². The van der Waals surface area contributed by atoms with Gasteiger partial charge in [0.25, 0.3) is 11.7 Å². The second-order valence-electron chi connectivity index (χ2n) is 3.59. The molecule has 0 aromatic heterocycles. The Kier molecular flexibility index (Phi) is 2.96. The molecule has 94 valence electrons. The van der Waals surface area contributed by atoms with Crippen molar-refractivity contribution in [3.8, 4) is 5.75 Å². The molecule has 1 aromatic rings. The van der Waals surface area contributed by atoms with E-state index in [1.54, 1.807) is 0 Å². The molecule has 1 amide bonds. The minimum Gasteiger partial charge on any atom is -0.495 e. The molecule has 1 aliphatic heterocycles. The van der Waals surface area contributed by atoms with Crippen molar-refractivity contribution >= 4 is 34.9 Å². The fourth-order valence-corrected chi connectivity index (χ4v) is 2.05. The molecule has 0 saturated carbocycles. The van der Waals surface area contributed by atoms with Crippen LogP contribution in [0, 0.1) is 0 Å². The average molecular weight is 270 g/mol. The van der Waals surface area contributed by atoms with Crippen LogP contribution in [0.15, 0.2) is 12.1 Å². The maximum Gasteiger partial charge on any atom is 0.323 e. The summed E-state index contributed by atoms with van der Waals surface area (Å²) in [6.45, 7) is -0.617. The first-order valence-electron chi connectivity index (χ1n) is 4.92. The molecule has 0 saturated heterocycles. The number of carbonyl (C=O) groups excluding carboxylic acids is 2. The lowest BCUT2D eigenvalue weighted by Crippen LogP contribution is -2.34. The molecule has 1 aliphatic rings. The second-order valence-corrected chi connectivity index (χ2v) is 3.99. The van der Waals surface area contributed by atoms with Gasteiger partial charge in [0.2, 0.25) is 0 Å². The Morgan fingerprint density at radius 3 is 2.67 bits per heavy atom. The number of nitrogens with zero attached hydrogens (tertiary/aromatic N) is 1. The fraction of sp³-hybridized carbons (Fsp3) is 0.182. The standard InChI is InChI=1S/C11H8ClNO5/c1-18-6-3-2-5(12)8-9(6)13(4-7(14)15)11(17)10(8)16/h2-3H,4H2,1H3,(H,14,15). The Labute approximate surface area is 107 Å². The lowest BCUT2D eigenvalue weighted by molar-refractivity contribution is -0.136. The number of carboxylic acid groups (broad SMARTS) is 1. The third-order valence-corrected chi connectivity index (χ3v) is 2.85. The minimum atomic E-state index is -1.23. The quantitative estimate of drug-likeness (QED) is 0.827. The number of hydrogen-bond donors (Lipinski definition) is 1. The van der Waals surface area contributed by atoms with E-state index in [1.807, 2.05) is 0 Å². The number of hydrogen-bond acceptors (Lipinski definition) is 4. The highest BCUT2D eigenvalue weighted by atomic mass is 35.5. The van der Waals surface area contributed by atoms with Gasteiger partial charge in [-0.05, 0) is 12.1 Å². The summed E-state index contributed by atoms with van der Waals surface area (Å²) >= 11 is 5.86. The summed E-state index contributed by atoms with van der Waals surface area (Å²) in [6.07, 6.45) is 0. The van der Waals surface area contributed by atoms with Crippen LogP contribution in [0.1, 0.15) is 10.4 Å². The maximum absolute atomic E-state index is 11.8. The van der Waals surface area contributed by atoms with E-state index in [-0.39, 0.29) is 22.0 Å². The monoisotopic (exact) mass is 269 g/mol. The third-order valence-electron chi connectivity index (χ3n) is 2.54. The number of anilines is 1. The van der Waals surface area contributed by atoms with Crippen LogP contribution < -0.4 is 9.64 Å². The molecule has 7 heteroatoms. The van der Waals surface area contributed by atoms with E-state index in [4.69, 9.17) is 21.4 Å². The van der Waals surface area contributed by atoms with Crippen LogP contribution in [-0.2, 0) is 9.59 Å². The first kappa shape index (κ1) is 12.4. The molecule has 1 N–H and O–H groups in total. The molecular formula is C11H8ClNO5. The smallest absolute Gasteiger partial charge is 0.323 e. The Morgan fingerprint density at radius 2 is 2.11 bits per heavy atom. The zero-order valence-electron chi connectivity index (χ0n) is 9.27. The van der Waals surface area contributed by atoms with Crippen molar-refractivity contribution in [2.75, 3.05) is 18.6 Å². The van der Waals surface area contributed by atoms with Gasteiger partial charge in [0.15, 0.2) is 0 Å². The number of fused-ring (bicyclic) bond motifs is 1. The number of ether oxygens (including phenoxy) is 1. The SMILES string of the molecule is COc1ccc(Cl)c2c1N(CC(=O)O)C(=O)C2=O. The zero-order chi connectivity index (χ0) is 13.4. The molecule has 0 bridgehead atoms. The van der Waals surface area contributed by atoms with Crippen molar-refractivity contribution in [1.82, 2.24) is 0 Å². The van der Waals surface area contributed by atoms with Gasteiger partial charge in [-0.15, -0.1) is 0 Å². The number of carboxylic acids is 1. The Morgan fingerprint density at radius 1 is 1.44 bits per heavy atom. The van der Waals surface area contributed by atoms with Gasteiger partial charge in [0.1, 0.15) is 12.3 Å². The Hall–Kier alpha value is -2.08. The van der Waals surface area contributed by atoms with Crippen molar-refractivity contribution in [2.45, 2.75) is 0 Å². The minimum absolute atomic E-state index is 0.0118. The van der Waals surface area contributed by atoms with E-state index in [0.717, 1.165) is 4.90 Å². The number of benzene rings is 1. The maximum atomic E-state index is 11.8. The van der Waals surface area contributed by atoms with Crippen LogP contribution >= 0.6 is 11.6 Å². The highest BCUT2D eigenvalue weighted by molar-refractivity contribution is 6.55. The van der Waals surface area contributed by atoms with Crippen molar-refractivity contribution in [1.29, 1.82) is 0 Å². The molecule has 0 unspecified atom stereocenters. The van der Waals surface area contributed by atoms with Crippen molar-refractivity contribution in [2.24, 2.45) is 0 Å². The number of ketones is 1. The summed E-state index contributed by atoms with van der Waals surface area (Å²) in [7, 11) is 1.36. The summed E-state index contributed by atoms with van der Waals surface area (Å²) in [4.78, 5) is 35.0. The highest BCUT2D eigenvalue weighted by Gasteiger charge is 2.40. The lowest BCUT2D eigenvalue weighted by Gasteiger charge is -2.16. The number of carbonyl (C=O) groups is 3. The summed E-state index contributed by atoms with van der Waals surface area (Å²) in [6, 6.07) is 2.90. The number of aliphatic carboxylic acids is 1. The summed E-state index contributed by atoms with van der Waals surface area (Å²) in [5.74, 6) is -2.74. The number of rotatable bonds is 3. The molecule has 1 aromatic carbocycles. The van der Waals surface area contributed by atoms with Crippen LogP contribution in [0.3, 0.4) is 0 Å². The molecule has 18 heavy (non-hydrogen) atoms. The van der Waals surface area contributed by atoms with E-state index in [0.29, 0.717) is 0 Å². The van der Waals surface area contributed by atoms with Crippen LogP contribution in [0.5, 0.6) is 5.75 Å². The Bertz CT molecular complexity index is 569. The summed E-state index contributed by atoms with van der Waals surface area (Å²) in [5.41, 5.74) is 0.102. The van der Waals surface area contributed by atoms with E-state index in [2.05, 4.69) is 0 Å². The predicted octanol–water partition coefficient (Wildman–Crippen LogP) is 0.962. The molecular weight excluding hydrogens is 262 g/mol. The van der Waals surface area contributed by atoms with Crippen LogP contribution in [0.4, 0.5) is 5.69 Å². The third kappa shape index (κ3) is 1.70. The van der Waals surface area contributed by atoms with E-state index in [9.17, 15) is 14.4 Å². The van der Waals surface area contributed by atoms with Crippen LogP contribution in [0.2, 0.25) is 5.02 Å². The van der Waals surface area contributed by atoms with Gasteiger partial charge in [-0.1, -0.05) is 11.6 Å². The number of amides is 1. The van der Waals surface area contributed by atoms with Crippen molar-refractivity contribution < 1.29 is 24.2 Å². The van der Waals surface area contributed by atoms with Gasteiger partial charge in [0, 0.05) is 0 Å². The summed E-state index contributed by atoms with van der Waals surface area (Å²) in [5, 5.41) is 8.85. The molecule has 2 rings (SSSR count). The fourth-order valence-electron chi connectivity index (χ4n) is 1.81. The average Bonchev–Trinajstić information content (AvgIpc) is 2.56. The largest absolute Gasteiger partial charge is 0.495 e. The van der Waals surface area contributed by atoms with E-state index >= 15 is 0 Å². The molecule has 0 atom stereocenters. The first-order chi connectivity index (χ1) is 8.47. The topological polar surface area (TPSA) is 83.9 Å². The number of Topliss-reactive ketones (excluding diaryl/α,β-unsaturated/α-hetero) is 1. The number of halogens is 1. The first-order valence-corrected chi connectivity index (χ1v) is 5.29. The zero-order valence-corrected chi connectivity index (χ0v) is 10.0. The van der Waals surface area contributed by atoms with Gasteiger partial charge in [0.05, 0.1) is 23.4 Å². The van der Waals surface area contributed by atoms with Crippen molar-refractivity contribution in [3.63, 3.8) is 0 Å². The molecule has 0 fully saturated rings. The van der Waals surface area contributed by atoms with Gasteiger partial charge in [-0.25, -0.2) is 0 Å². The molecule has 1 heterocycles. The van der Waals surface area contributed by atoms with Gasteiger partial charge in [-0.2, -0.15) is 0 Å². The highest BCUT2D eigenvalue weighted by Crippen LogP contribution is 2.41. The van der Waals surface area contributed by atoms with Gasteiger partial charge < -0.3 is 9.84 Å².